The zero-order chi connectivity index (χ0) is 31.3. The second kappa shape index (κ2) is 13.2. The van der Waals surface area contributed by atoms with E-state index in [-0.39, 0.29) is 0 Å². The highest BCUT2D eigenvalue weighted by Crippen LogP contribution is 2.16. The third kappa shape index (κ3) is 6.56. The molecule has 0 saturated carbocycles. The first-order chi connectivity index (χ1) is 22.6. The van der Waals surface area contributed by atoms with Gasteiger partial charge in [0.05, 0.1) is 65.1 Å². The number of hydrazone groups is 2. The predicted octanol–water partition coefficient (Wildman–Crippen LogP) is 3.98. The van der Waals surface area contributed by atoms with Crippen LogP contribution in [0.15, 0.2) is 120 Å². The summed E-state index contributed by atoms with van der Waals surface area (Å²) in [6, 6.07) is 28.4. The van der Waals surface area contributed by atoms with Gasteiger partial charge in [-0.2, -0.15) is 10.2 Å². The number of imidazole rings is 2. The summed E-state index contributed by atoms with van der Waals surface area (Å²) in [7, 11) is 4.12. The van der Waals surface area contributed by atoms with E-state index in [1.165, 1.54) is 0 Å². The number of hydrogen-bond donors (Lipinski definition) is 0. The smallest absolute Gasteiger partial charge is 0.286 e. The molecule has 7 rings (SSSR count). The van der Waals surface area contributed by atoms with E-state index >= 15 is 0 Å². The van der Waals surface area contributed by atoms with Crippen molar-refractivity contribution in [1.29, 1.82) is 0 Å². The molecular weight excluding hydrogens is 576 g/mol. The standard InChI is InChI=1S/C36H38N8O2/c1-39-31(25-41-17-5-3-7-35(39)41)27-45-33-13-9-29(10-14-33)23-37-43-19-21-44(22-20-43)38-24-30-11-15-34(16-12-30)46-28-32-26-42-18-6-4-8-36(42)40(32)2/h3-18,23-26H,19-22,27-28H2,1-2H3/q+2. The highest BCUT2D eigenvalue weighted by atomic mass is 16.5. The summed E-state index contributed by atoms with van der Waals surface area (Å²) < 4.78 is 20.6. The lowest BCUT2D eigenvalue weighted by molar-refractivity contribution is -0.511. The van der Waals surface area contributed by atoms with Crippen LogP contribution in [0.25, 0.3) is 11.3 Å². The minimum Gasteiger partial charge on any atom is -0.485 e. The van der Waals surface area contributed by atoms with Gasteiger partial charge in [-0.1, -0.05) is 12.1 Å². The molecule has 0 unspecified atom stereocenters. The molecule has 1 fully saturated rings. The molecule has 2 aromatic carbocycles. The van der Waals surface area contributed by atoms with Crippen molar-refractivity contribution in [2.75, 3.05) is 26.2 Å². The van der Waals surface area contributed by atoms with Gasteiger partial charge in [-0.15, -0.1) is 0 Å². The molecule has 0 N–H and O–H groups in total. The number of ether oxygens (including phenoxy) is 2. The number of fused-ring (bicyclic) bond motifs is 2. The van der Waals surface area contributed by atoms with Gasteiger partial charge in [-0.3, -0.25) is 10.0 Å². The number of pyridine rings is 2. The summed E-state index contributed by atoms with van der Waals surface area (Å²) in [6.45, 7) is 4.28. The number of aromatic nitrogens is 4. The Kier molecular flexibility index (Phi) is 8.32. The van der Waals surface area contributed by atoms with E-state index in [0.29, 0.717) is 13.2 Å². The van der Waals surface area contributed by atoms with Crippen LogP contribution in [0.4, 0.5) is 0 Å². The van der Waals surface area contributed by atoms with Crippen molar-refractivity contribution in [2.24, 2.45) is 24.3 Å². The zero-order valence-electron chi connectivity index (χ0n) is 26.2. The number of benzene rings is 2. The second-order valence-electron chi connectivity index (χ2n) is 11.4. The van der Waals surface area contributed by atoms with Crippen LogP contribution in [0.1, 0.15) is 22.5 Å². The molecule has 0 aliphatic carbocycles. The van der Waals surface area contributed by atoms with E-state index < -0.39 is 0 Å². The van der Waals surface area contributed by atoms with Gasteiger partial charge in [0.15, 0.2) is 24.6 Å². The first kappa shape index (κ1) is 29.1. The molecule has 5 heterocycles. The molecule has 1 saturated heterocycles. The molecular formula is C36H38N8O2+2. The number of nitrogens with zero attached hydrogens (tertiary/aromatic N) is 8. The number of hydrogen-bond acceptors (Lipinski definition) is 6. The molecule has 10 heteroatoms. The Bertz CT molecular complexity index is 1840. The maximum Gasteiger partial charge on any atom is 0.286 e. The Morgan fingerprint density at radius 2 is 1.00 bits per heavy atom. The quantitative estimate of drug-likeness (QED) is 0.173. The first-order valence-electron chi connectivity index (χ1n) is 15.5. The average Bonchev–Trinajstić information content (AvgIpc) is 3.61. The predicted molar refractivity (Wildman–Crippen MR) is 177 cm³/mol. The van der Waals surface area contributed by atoms with Gasteiger partial charge in [-0.25, -0.2) is 17.9 Å². The molecule has 0 atom stereocenters. The Morgan fingerprint density at radius 3 is 1.39 bits per heavy atom. The first-order valence-corrected chi connectivity index (χ1v) is 15.5. The Hall–Kier alpha value is -5.64. The molecule has 10 nitrogen and oxygen atoms in total. The fourth-order valence-corrected chi connectivity index (χ4v) is 5.57. The third-order valence-corrected chi connectivity index (χ3v) is 8.37. The van der Waals surface area contributed by atoms with Gasteiger partial charge in [0.25, 0.3) is 11.3 Å². The zero-order valence-corrected chi connectivity index (χ0v) is 26.2. The topological polar surface area (TPSA) is 67.7 Å². The summed E-state index contributed by atoms with van der Waals surface area (Å²) in [5.41, 5.74) is 6.55. The minimum atomic E-state index is 0.504. The number of rotatable bonds is 10. The summed E-state index contributed by atoms with van der Waals surface area (Å²) >= 11 is 0. The summed E-state index contributed by atoms with van der Waals surface area (Å²) in [5, 5.41) is 13.6. The van der Waals surface area contributed by atoms with Crippen LogP contribution < -0.4 is 18.3 Å². The van der Waals surface area contributed by atoms with Gasteiger partial charge >= 0.3 is 0 Å². The molecule has 0 radical (unpaired) electrons. The lowest BCUT2D eigenvalue weighted by Crippen LogP contribution is -2.41. The van der Waals surface area contributed by atoms with E-state index in [4.69, 9.17) is 19.7 Å². The lowest BCUT2D eigenvalue weighted by atomic mass is 10.2. The molecule has 1 aliphatic rings. The highest BCUT2D eigenvalue weighted by molar-refractivity contribution is 5.80. The highest BCUT2D eigenvalue weighted by Gasteiger charge is 2.16. The molecule has 0 amide bonds. The van der Waals surface area contributed by atoms with Crippen LogP contribution in [0, 0.1) is 0 Å². The lowest BCUT2D eigenvalue weighted by Gasteiger charge is -2.31. The molecule has 6 aromatic rings. The fraction of sp³-hybridized carbons (Fsp3) is 0.222. The van der Waals surface area contributed by atoms with Crippen LogP contribution in [0.3, 0.4) is 0 Å². The number of piperazine rings is 1. The van der Waals surface area contributed by atoms with Crippen molar-refractivity contribution < 1.29 is 18.3 Å². The SMILES string of the molecule is Cn1c(COc2ccc(C=NN3CCN(N=Cc4ccc(OCc5c[n+]6ccccc6n5C)cc4)CC3)cc2)c[n+]2ccccc12. The van der Waals surface area contributed by atoms with Crippen LogP contribution in [-0.4, -0.2) is 57.8 Å². The largest absolute Gasteiger partial charge is 0.485 e. The van der Waals surface area contributed by atoms with E-state index in [2.05, 4.69) is 66.6 Å². The van der Waals surface area contributed by atoms with Gasteiger partial charge in [-0.05, 0) is 71.8 Å². The van der Waals surface area contributed by atoms with Gasteiger partial charge < -0.3 is 9.47 Å². The molecule has 4 aromatic heterocycles. The number of aryl methyl sites for hydroxylation is 2. The normalized spacial score (nSPS) is 13.9. The van der Waals surface area contributed by atoms with Crippen molar-refractivity contribution in [1.82, 2.24) is 19.2 Å². The Morgan fingerprint density at radius 1 is 0.587 bits per heavy atom. The van der Waals surface area contributed by atoms with Crippen LogP contribution in [0.5, 0.6) is 11.5 Å². The van der Waals surface area contributed by atoms with Crippen molar-refractivity contribution >= 4 is 23.7 Å². The maximum absolute atomic E-state index is 6.05. The third-order valence-electron chi connectivity index (χ3n) is 8.37. The van der Waals surface area contributed by atoms with Crippen LogP contribution in [0.2, 0.25) is 0 Å². The van der Waals surface area contributed by atoms with Crippen molar-refractivity contribution in [3.05, 3.63) is 132 Å². The molecule has 1 aliphatic heterocycles. The van der Waals surface area contributed by atoms with Gasteiger partial charge in [0.1, 0.15) is 23.9 Å². The van der Waals surface area contributed by atoms with E-state index in [0.717, 1.165) is 71.5 Å². The minimum absolute atomic E-state index is 0.504. The fourth-order valence-electron chi connectivity index (χ4n) is 5.57. The maximum atomic E-state index is 6.05. The second-order valence-corrected chi connectivity index (χ2v) is 11.4. The molecule has 232 valence electrons. The van der Waals surface area contributed by atoms with E-state index in [1.54, 1.807) is 0 Å². The van der Waals surface area contributed by atoms with Crippen molar-refractivity contribution in [3.63, 3.8) is 0 Å². The summed E-state index contributed by atoms with van der Waals surface area (Å²) in [4.78, 5) is 0. The molecule has 0 bridgehead atoms. The van der Waals surface area contributed by atoms with Crippen molar-refractivity contribution in [2.45, 2.75) is 13.2 Å². The van der Waals surface area contributed by atoms with Crippen LogP contribution >= 0.6 is 0 Å². The monoisotopic (exact) mass is 614 g/mol. The Labute approximate surface area is 268 Å². The van der Waals surface area contributed by atoms with Crippen LogP contribution in [-0.2, 0) is 27.3 Å². The van der Waals surface area contributed by atoms with Crippen molar-refractivity contribution in [3.8, 4) is 11.5 Å². The van der Waals surface area contributed by atoms with Gasteiger partial charge in [0, 0.05) is 12.1 Å². The average molecular weight is 615 g/mol. The summed E-state index contributed by atoms with van der Waals surface area (Å²) in [6.07, 6.45) is 12.1. The van der Waals surface area contributed by atoms with E-state index in [1.807, 2.05) is 97.6 Å². The summed E-state index contributed by atoms with van der Waals surface area (Å²) in [5.74, 6) is 1.67. The molecule has 46 heavy (non-hydrogen) atoms. The van der Waals surface area contributed by atoms with E-state index in [9.17, 15) is 0 Å². The molecule has 0 spiro atoms. The van der Waals surface area contributed by atoms with Gasteiger partial charge in [0.2, 0.25) is 0 Å². The Balaban J connectivity index is 0.846.